The molecule has 0 aliphatic heterocycles. The van der Waals surface area contributed by atoms with E-state index < -0.39 is 23.9 Å². The van der Waals surface area contributed by atoms with E-state index in [1.807, 2.05) is 43.3 Å². The van der Waals surface area contributed by atoms with E-state index in [1.54, 1.807) is 0 Å². The van der Waals surface area contributed by atoms with E-state index in [-0.39, 0.29) is 22.5 Å². The van der Waals surface area contributed by atoms with Gasteiger partial charge in [0.2, 0.25) is 0 Å². The monoisotopic (exact) mass is 450 g/mol. The standard InChI is InChI=1S/C18H18N4O5.BrH/c1-21(2)14-5-3-12(4-6-14)11-19-20-16(23)13-7-9-22(10-8-13)15(17(24)25)18(26)27;/h3-11,15H,1-2H3,(H2-,20,23,24,25,26,27);1H. The molecular weight excluding hydrogens is 432 g/mol. The molecular formula is C18H19BrN4O5. The second kappa shape index (κ2) is 10.2. The number of benzene rings is 1. The molecule has 9 nitrogen and oxygen atoms in total. The molecule has 28 heavy (non-hydrogen) atoms. The van der Waals surface area contributed by atoms with Crippen LogP contribution < -0.4 is 31.9 Å². The van der Waals surface area contributed by atoms with Crippen molar-refractivity contribution in [3.05, 3.63) is 59.9 Å². The smallest absolute Gasteiger partial charge is 0.385 e. The summed E-state index contributed by atoms with van der Waals surface area (Å²) in [5, 5.41) is 21.8. The maximum atomic E-state index is 12.1. The third kappa shape index (κ3) is 5.88. The minimum atomic E-state index is -1.76. The van der Waals surface area contributed by atoms with Crippen molar-refractivity contribution in [3.63, 3.8) is 0 Å². The number of hydrazone groups is 1. The van der Waals surface area contributed by atoms with E-state index in [1.165, 1.54) is 30.7 Å². The summed E-state index contributed by atoms with van der Waals surface area (Å²) in [7, 11) is 3.87. The van der Waals surface area contributed by atoms with Crippen LogP contribution in [0.2, 0.25) is 0 Å². The predicted octanol–water partition coefficient (Wildman–Crippen LogP) is -2.48. The van der Waals surface area contributed by atoms with Crippen LogP contribution >= 0.6 is 0 Å². The zero-order valence-electron chi connectivity index (χ0n) is 15.1. The van der Waals surface area contributed by atoms with Gasteiger partial charge in [0.05, 0.1) is 11.8 Å². The Kier molecular flexibility index (Phi) is 8.27. The Balaban J connectivity index is 0.00000392. The molecule has 0 bridgehead atoms. The average Bonchev–Trinajstić information content (AvgIpc) is 2.62. The SMILES string of the molecule is CN(C)c1ccc(/C=N/NC(=O)c2cc[n+](C(C(=O)O)C(=O)O)cc2)cc1.[Br-]. The molecule has 0 aliphatic rings. The number of carbonyl (C=O) groups excluding carboxylic acids is 1. The number of rotatable bonds is 7. The van der Waals surface area contributed by atoms with E-state index >= 15 is 0 Å². The highest BCUT2D eigenvalue weighted by molar-refractivity contribution is 5.95. The minimum Gasteiger partial charge on any atom is -1.00 e. The summed E-state index contributed by atoms with van der Waals surface area (Å²) in [5.74, 6) is -3.52. The van der Waals surface area contributed by atoms with Crippen LogP contribution in [-0.4, -0.2) is 48.4 Å². The fraction of sp³-hybridized carbons (Fsp3) is 0.167. The molecule has 1 aromatic heterocycles. The number of hydrogen-bond acceptors (Lipinski definition) is 5. The first-order valence-electron chi connectivity index (χ1n) is 7.87. The van der Waals surface area contributed by atoms with Gasteiger partial charge in [0, 0.05) is 31.9 Å². The highest BCUT2D eigenvalue weighted by atomic mass is 79.9. The van der Waals surface area contributed by atoms with E-state index in [0.29, 0.717) is 0 Å². The largest absolute Gasteiger partial charge is 1.00 e. The number of amides is 1. The fourth-order valence-corrected chi connectivity index (χ4v) is 2.21. The van der Waals surface area contributed by atoms with E-state index in [0.717, 1.165) is 15.8 Å². The van der Waals surface area contributed by atoms with Gasteiger partial charge in [-0.15, -0.1) is 0 Å². The van der Waals surface area contributed by atoms with Crippen molar-refractivity contribution in [2.45, 2.75) is 6.04 Å². The molecule has 0 atom stereocenters. The van der Waals surface area contributed by atoms with Crippen LogP contribution in [0.4, 0.5) is 5.69 Å². The van der Waals surface area contributed by atoms with E-state index in [4.69, 9.17) is 10.2 Å². The van der Waals surface area contributed by atoms with Crippen LogP contribution in [-0.2, 0) is 9.59 Å². The summed E-state index contributed by atoms with van der Waals surface area (Å²) < 4.78 is 0.983. The van der Waals surface area contributed by atoms with Gasteiger partial charge < -0.3 is 32.1 Å². The molecule has 3 N–H and O–H groups in total. The van der Waals surface area contributed by atoms with Gasteiger partial charge in [0.1, 0.15) is 0 Å². The highest BCUT2D eigenvalue weighted by Crippen LogP contribution is 2.10. The fourth-order valence-electron chi connectivity index (χ4n) is 2.21. The second-order valence-corrected chi connectivity index (χ2v) is 5.80. The maximum absolute atomic E-state index is 12.1. The number of carboxylic acid groups (broad SMARTS) is 2. The molecule has 1 heterocycles. The number of hydrogen-bond donors (Lipinski definition) is 3. The van der Waals surface area contributed by atoms with Gasteiger partial charge in [0.25, 0.3) is 5.91 Å². The van der Waals surface area contributed by atoms with Crippen molar-refractivity contribution in [2.24, 2.45) is 5.10 Å². The lowest BCUT2D eigenvalue weighted by Gasteiger charge is -2.11. The highest BCUT2D eigenvalue weighted by Gasteiger charge is 2.35. The maximum Gasteiger partial charge on any atom is 0.385 e. The van der Waals surface area contributed by atoms with Gasteiger partial charge >= 0.3 is 18.0 Å². The summed E-state index contributed by atoms with van der Waals surface area (Å²) >= 11 is 0. The molecule has 0 saturated carbocycles. The lowest BCUT2D eigenvalue weighted by atomic mass is 10.2. The molecule has 0 aliphatic carbocycles. The molecule has 0 spiro atoms. The van der Waals surface area contributed by atoms with Gasteiger partial charge in [0.15, 0.2) is 12.4 Å². The van der Waals surface area contributed by atoms with Gasteiger partial charge in [-0.1, -0.05) is 12.1 Å². The summed E-state index contributed by atoms with van der Waals surface area (Å²) in [6, 6.07) is 8.42. The number of nitrogens with zero attached hydrogens (tertiary/aromatic N) is 3. The summed E-state index contributed by atoms with van der Waals surface area (Å²) in [4.78, 5) is 36.0. The topological polar surface area (TPSA) is 123 Å². The molecule has 0 saturated heterocycles. The van der Waals surface area contributed by atoms with Crippen molar-refractivity contribution in [1.29, 1.82) is 0 Å². The lowest BCUT2D eigenvalue weighted by Crippen LogP contribution is -3.00. The Bertz CT molecular complexity index is 853. The number of nitrogens with one attached hydrogen (secondary N) is 1. The number of aliphatic carboxylic acids is 2. The van der Waals surface area contributed by atoms with Crippen LogP contribution in [0.25, 0.3) is 0 Å². The molecule has 148 valence electrons. The zero-order chi connectivity index (χ0) is 20.0. The van der Waals surface area contributed by atoms with Gasteiger partial charge in [-0.05, 0) is 17.7 Å². The molecule has 1 amide bonds. The van der Waals surface area contributed by atoms with Crippen LogP contribution in [0.15, 0.2) is 53.9 Å². The van der Waals surface area contributed by atoms with Crippen molar-refractivity contribution >= 4 is 29.7 Å². The van der Waals surface area contributed by atoms with Crippen molar-refractivity contribution < 1.29 is 46.1 Å². The molecule has 0 unspecified atom stereocenters. The quantitative estimate of drug-likeness (QED) is 0.186. The van der Waals surface area contributed by atoms with Crippen molar-refractivity contribution in [3.8, 4) is 0 Å². The third-order valence-corrected chi connectivity index (χ3v) is 3.67. The third-order valence-electron chi connectivity index (χ3n) is 3.67. The van der Waals surface area contributed by atoms with Crippen LogP contribution in [0.1, 0.15) is 22.0 Å². The Hall–Kier alpha value is -3.27. The average molecular weight is 451 g/mol. The Morgan fingerprint density at radius 3 is 2.04 bits per heavy atom. The van der Waals surface area contributed by atoms with Gasteiger partial charge in [-0.3, -0.25) is 4.79 Å². The number of pyridine rings is 1. The molecule has 2 rings (SSSR count). The van der Waals surface area contributed by atoms with Crippen molar-refractivity contribution in [1.82, 2.24) is 5.43 Å². The lowest BCUT2D eigenvalue weighted by molar-refractivity contribution is -0.699. The van der Waals surface area contributed by atoms with Crippen LogP contribution in [0, 0.1) is 0 Å². The van der Waals surface area contributed by atoms with E-state index in [9.17, 15) is 14.4 Å². The Labute approximate surface area is 171 Å². The molecule has 0 fully saturated rings. The number of halogens is 1. The Morgan fingerprint density at radius 2 is 1.57 bits per heavy atom. The first-order valence-corrected chi connectivity index (χ1v) is 7.87. The summed E-state index contributed by atoms with van der Waals surface area (Å²) in [6.07, 6.45) is 3.92. The Morgan fingerprint density at radius 1 is 1.04 bits per heavy atom. The van der Waals surface area contributed by atoms with Crippen LogP contribution in [0.3, 0.4) is 0 Å². The van der Waals surface area contributed by atoms with Gasteiger partial charge in [-0.2, -0.15) is 9.67 Å². The minimum absolute atomic E-state index is 0. The first-order chi connectivity index (χ1) is 12.8. The molecule has 10 heteroatoms. The summed E-state index contributed by atoms with van der Waals surface area (Å²) in [5.41, 5.74) is 4.41. The predicted molar refractivity (Wildman–Crippen MR) is 96.8 cm³/mol. The molecule has 1 aromatic carbocycles. The number of carbonyl (C=O) groups is 3. The molecule has 2 aromatic rings. The van der Waals surface area contributed by atoms with E-state index in [2.05, 4.69) is 10.5 Å². The van der Waals surface area contributed by atoms with Gasteiger partial charge in [-0.25, -0.2) is 15.0 Å². The number of anilines is 1. The summed E-state index contributed by atoms with van der Waals surface area (Å²) in [6.45, 7) is 0. The number of aromatic nitrogens is 1. The normalized spacial score (nSPS) is 10.4. The first kappa shape index (κ1) is 22.8. The molecule has 0 radical (unpaired) electrons. The van der Waals surface area contributed by atoms with Crippen molar-refractivity contribution in [2.75, 3.05) is 19.0 Å². The van der Waals surface area contributed by atoms with Crippen LogP contribution in [0.5, 0.6) is 0 Å². The zero-order valence-corrected chi connectivity index (χ0v) is 16.7. The number of carboxylic acids is 2. The second-order valence-electron chi connectivity index (χ2n) is 5.80.